The fourth-order valence-electron chi connectivity index (χ4n) is 5.49. The van der Waals surface area contributed by atoms with Crippen molar-refractivity contribution in [1.82, 2.24) is 14.7 Å². The Bertz CT molecular complexity index is 1350. The van der Waals surface area contributed by atoms with E-state index in [1.165, 1.54) is 10.2 Å². The second kappa shape index (κ2) is 9.05. The van der Waals surface area contributed by atoms with Gasteiger partial charge in [-0.1, -0.05) is 30.3 Å². The third kappa shape index (κ3) is 4.75. The van der Waals surface area contributed by atoms with Gasteiger partial charge in [0.2, 0.25) is 0 Å². The molecule has 2 heterocycles. The van der Waals surface area contributed by atoms with Crippen LogP contribution in [0, 0.1) is 0 Å². The molecule has 37 heavy (non-hydrogen) atoms. The van der Waals surface area contributed by atoms with E-state index in [1.807, 2.05) is 45.0 Å². The summed E-state index contributed by atoms with van der Waals surface area (Å²) in [5.74, 6) is 1.04. The molecule has 7 nitrogen and oxygen atoms in total. The zero-order valence-corrected chi connectivity index (χ0v) is 21.7. The smallest absolute Gasteiger partial charge is 0.435 e. The molecule has 0 radical (unpaired) electrons. The molecule has 3 aliphatic rings. The van der Waals surface area contributed by atoms with Crippen LogP contribution in [0.2, 0.25) is 0 Å². The zero-order valence-electron chi connectivity index (χ0n) is 21.7. The number of aryl methyl sites for hydroxylation is 1. The Labute approximate surface area is 217 Å². The monoisotopic (exact) mass is 499 g/mol. The van der Waals surface area contributed by atoms with Crippen molar-refractivity contribution in [3.63, 3.8) is 0 Å². The Kier molecular flexibility index (Phi) is 5.81. The Morgan fingerprint density at radius 3 is 2.51 bits per heavy atom. The van der Waals surface area contributed by atoms with Crippen LogP contribution in [0.4, 0.5) is 4.79 Å². The van der Waals surface area contributed by atoms with Crippen molar-refractivity contribution in [3.05, 3.63) is 71.0 Å². The molecule has 0 N–H and O–H groups in total. The first-order valence-corrected chi connectivity index (χ1v) is 13.3. The van der Waals surface area contributed by atoms with Gasteiger partial charge >= 0.3 is 6.09 Å². The van der Waals surface area contributed by atoms with Crippen LogP contribution in [0.3, 0.4) is 0 Å². The summed E-state index contributed by atoms with van der Waals surface area (Å²) >= 11 is 0. The quantitative estimate of drug-likeness (QED) is 0.479. The highest BCUT2D eigenvalue weighted by Gasteiger charge is 2.39. The van der Waals surface area contributed by atoms with Crippen molar-refractivity contribution in [2.75, 3.05) is 6.61 Å². The van der Waals surface area contributed by atoms with Crippen molar-refractivity contribution in [1.29, 1.82) is 0 Å². The summed E-state index contributed by atoms with van der Waals surface area (Å²) in [4.78, 5) is 28.3. The van der Waals surface area contributed by atoms with Crippen LogP contribution in [0.25, 0.3) is 11.1 Å². The molecule has 0 spiro atoms. The number of benzene rings is 2. The van der Waals surface area contributed by atoms with E-state index < -0.39 is 11.7 Å². The van der Waals surface area contributed by atoms with Crippen molar-refractivity contribution in [2.24, 2.45) is 0 Å². The van der Waals surface area contributed by atoms with Crippen LogP contribution in [-0.2, 0) is 24.0 Å². The number of aromatic nitrogens is 2. The lowest BCUT2D eigenvalue weighted by Gasteiger charge is -2.34. The van der Waals surface area contributed by atoms with E-state index >= 15 is 0 Å². The molecule has 1 amide bonds. The fraction of sp³-hybridized carbons (Fsp3) is 0.433. The number of hydrogen-bond donors (Lipinski definition) is 0. The highest BCUT2D eigenvalue weighted by Crippen LogP contribution is 2.38. The Hall–Kier alpha value is -3.61. The molecular weight excluding hydrogens is 466 g/mol. The molecule has 7 heteroatoms. The predicted molar refractivity (Wildman–Crippen MR) is 140 cm³/mol. The van der Waals surface area contributed by atoms with Gasteiger partial charge in [-0.2, -0.15) is 9.78 Å². The van der Waals surface area contributed by atoms with E-state index in [9.17, 15) is 9.59 Å². The van der Waals surface area contributed by atoms with E-state index in [-0.39, 0.29) is 18.0 Å². The Morgan fingerprint density at radius 2 is 1.78 bits per heavy atom. The third-order valence-corrected chi connectivity index (χ3v) is 7.35. The topological polar surface area (TPSA) is 73.7 Å². The van der Waals surface area contributed by atoms with Crippen LogP contribution in [0.15, 0.2) is 48.7 Å². The normalized spacial score (nSPS) is 18.5. The Morgan fingerprint density at radius 1 is 1.00 bits per heavy atom. The van der Waals surface area contributed by atoms with Gasteiger partial charge in [0.1, 0.15) is 11.4 Å². The lowest BCUT2D eigenvalue weighted by atomic mass is 9.91. The van der Waals surface area contributed by atoms with Crippen LogP contribution in [-0.4, -0.2) is 51.0 Å². The third-order valence-electron chi connectivity index (χ3n) is 7.35. The average Bonchev–Trinajstić information content (AvgIpc) is 3.40. The van der Waals surface area contributed by atoms with Gasteiger partial charge in [-0.3, -0.25) is 4.79 Å². The standard InChI is InChI=1S/C30H33N3O4/c1-30(2,3)37-29(35)32-18-22-17-24(13-14-26(22)31-32)33(23-11-12-23)28(34)21-9-7-19(8-10-21)25-6-4-5-20-15-16-36-27(20)25/h4-10,18,23-24H,11-17H2,1-3H3. The molecule has 1 aromatic heterocycles. The van der Waals surface area contributed by atoms with E-state index in [1.54, 1.807) is 6.20 Å². The fourth-order valence-corrected chi connectivity index (χ4v) is 5.49. The first kappa shape index (κ1) is 23.8. The predicted octanol–water partition coefficient (Wildman–Crippen LogP) is 5.43. The molecule has 2 aliphatic carbocycles. The van der Waals surface area contributed by atoms with Gasteiger partial charge in [0.25, 0.3) is 5.91 Å². The number of fused-ring (bicyclic) bond motifs is 2. The zero-order chi connectivity index (χ0) is 25.7. The first-order valence-electron chi connectivity index (χ1n) is 13.3. The lowest BCUT2D eigenvalue weighted by molar-refractivity contribution is 0.0513. The van der Waals surface area contributed by atoms with Gasteiger partial charge in [0.05, 0.1) is 12.3 Å². The van der Waals surface area contributed by atoms with Crippen molar-refractivity contribution < 1.29 is 19.1 Å². The summed E-state index contributed by atoms with van der Waals surface area (Å²) in [6, 6.07) is 14.6. The minimum absolute atomic E-state index is 0.0802. The van der Waals surface area contributed by atoms with Gasteiger partial charge in [-0.05, 0) is 81.7 Å². The molecule has 0 saturated heterocycles. The number of ether oxygens (including phenoxy) is 2. The van der Waals surface area contributed by atoms with Crippen molar-refractivity contribution in [2.45, 2.75) is 77.0 Å². The van der Waals surface area contributed by atoms with Gasteiger partial charge in [-0.15, -0.1) is 0 Å². The van der Waals surface area contributed by atoms with Crippen molar-refractivity contribution in [3.8, 4) is 16.9 Å². The average molecular weight is 500 g/mol. The van der Waals surface area contributed by atoms with Crippen LogP contribution < -0.4 is 4.74 Å². The number of hydrogen-bond acceptors (Lipinski definition) is 5. The van der Waals surface area contributed by atoms with Gasteiger partial charge in [0.15, 0.2) is 0 Å². The van der Waals surface area contributed by atoms with E-state index in [0.717, 1.165) is 66.8 Å². The second-order valence-electron chi connectivity index (χ2n) is 11.3. The second-order valence-corrected chi connectivity index (χ2v) is 11.3. The molecule has 1 fully saturated rings. The summed E-state index contributed by atoms with van der Waals surface area (Å²) in [6.07, 6.45) is 6.61. The summed E-state index contributed by atoms with van der Waals surface area (Å²) in [7, 11) is 0. The molecule has 3 aromatic rings. The van der Waals surface area contributed by atoms with Crippen LogP contribution in [0.1, 0.15) is 67.2 Å². The van der Waals surface area contributed by atoms with Gasteiger partial charge in [0, 0.05) is 35.8 Å². The summed E-state index contributed by atoms with van der Waals surface area (Å²) in [5, 5.41) is 4.48. The van der Waals surface area contributed by atoms with E-state index in [4.69, 9.17) is 9.47 Å². The van der Waals surface area contributed by atoms with Crippen LogP contribution >= 0.6 is 0 Å². The SMILES string of the molecule is CC(C)(C)OC(=O)n1cc2c(n1)CCC(N(C(=O)c1ccc(-c3cccc4c3OCC4)cc1)C1CC1)C2. The molecular formula is C30H33N3O4. The maximum absolute atomic E-state index is 13.7. The van der Waals surface area contributed by atoms with E-state index in [2.05, 4.69) is 28.2 Å². The number of amides is 1. The summed E-state index contributed by atoms with van der Waals surface area (Å²) in [5.41, 5.74) is 5.45. The molecule has 0 bridgehead atoms. The molecule has 1 saturated carbocycles. The molecule has 1 aliphatic heterocycles. The van der Waals surface area contributed by atoms with E-state index in [0.29, 0.717) is 12.0 Å². The highest BCUT2D eigenvalue weighted by molar-refractivity contribution is 5.95. The maximum atomic E-state index is 13.7. The molecule has 6 rings (SSSR count). The number of nitrogens with zero attached hydrogens (tertiary/aromatic N) is 3. The Balaban J connectivity index is 1.20. The number of para-hydroxylation sites is 1. The molecule has 2 aromatic carbocycles. The van der Waals surface area contributed by atoms with Gasteiger partial charge in [-0.25, -0.2) is 4.79 Å². The van der Waals surface area contributed by atoms with Crippen LogP contribution in [0.5, 0.6) is 5.75 Å². The number of rotatable bonds is 4. The maximum Gasteiger partial charge on any atom is 0.435 e. The minimum Gasteiger partial charge on any atom is -0.492 e. The number of carbonyl (C=O) groups excluding carboxylic acids is 2. The first-order chi connectivity index (χ1) is 17.8. The summed E-state index contributed by atoms with van der Waals surface area (Å²) < 4.78 is 12.7. The molecule has 192 valence electrons. The highest BCUT2D eigenvalue weighted by atomic mass is 16.6. The summed E-state index contributed by atoms with van der Waals surface area (Å²) in [6.45, 7) is 6.25. The minimum atomic E-state index is -0.579. The lowest BCUT2D eigenvalue weighted by Crippen LogP contribution is -2.44. The molecule has 1 unspecified atom stereocenters. The van der Waals surface area contributed by atoms with Crippen molar-refractivity contribution >= 4 is 12.0 Å². The largest absolute Gasteiger partial charge is 0.492 e. The molecule has 1 atom stereocenters. The van der Waals surface area contributed by atoms with Gasteiger partial charge < -0.3 is 14.4 Å². The number of carbonyl (C=O) groups is 2.